The monoisotopic (exact) mass is 268 g/mol. The van der Waals surface area contributed by atoms with E-state index in [1.807, 2.05) is 18.9 Å². The molecule has 0 spiro atoms. The first kappa shape index (κ1) is 14.3. The molecule has 5 nitrogen and oxygen atoms in total. The van der Waals surface area contributed by atoms with Gasteiger partial charge in [-0.25, -0.2) is 0 Å². The standard InChI is InChI=1S/C14H24N2O3/c1-3-19-14(18)12-5-4-7-16(10-12)13(17)11-6-8-15(2)9-11/h11-12H,3-10H2,1-2H3/t11?,12-/m0/s1. The van der Waals surface area contributed by atoms with Gasteiger partial charge in [0, 0.05) is 19.6 Å². The van der Waals surface area contributed by atoms with E-state index in [4.69, 9.17) is 4.74 Å². The zero-order valence-electron chi connectivity index (χ0n) is 11.9. The van der Waals surface area contributed by atoms with E-state index in [1.165, 1.54) is 0 Å². The molecule has 0 radical (unpaired) electrons. The first-order valence-corrected chi connectivity index (χ1v) is 7.25. The predicted octanol–water partition coefficient (Wildman–Crippen LogP) is 0.740. The van der Waals surface area contributed by atoms with Crippen molar-refractivity contribution in [2.45, 2.75) is 26.2 Å². The number of ether oxygens (including phenoxy) is 1. The van der Waals surface area contributed by atoms with Gasteiger partial charge in [0.1, 0.15) is 0 Å². The number of carbonyl (C=O) groups is 2. The molecule has 0 aliphatic carbocycles. The number of hydrogen-bond donors (Lipinski definition) is 0. The van der Waals surface area contributed by atoms with Gasteiger partial charge in [0.15, 0.2) is 0 Å². The minimum Gasteiger partial charge on any atom is -0.466 e. The van der Waals surface area contributed by atoms with Gasteiger partial charge in [-0.3, -0.25) is 9.59 Å². The van der Waals surface area contributed by atoms with Crippen LogP contribution in [0, 0.1) is 11.8 Å². The third-order valence-corrected chi connectivity index (χ3v) is 4.09. The summed E-state index contributed by atoms with van der Waals surface area (Å²) in [5, 5.41) is 0. The Morgan fingerprint density at radius 3 is 2.58 bits per heavy atom. The highest BCUT2D eigenvalue weighted by atomic mass is 16.5. The van der Waals surface area contributed by atoms with Crippen LogP contribution in [-0.2, 0) is 14.3 Å². The topological polar surface area (TPSA) is 49.9 Å². The molecule has 2 saturated heterocycles. The van der Waals surface area contributed by atoms with Crippen molar-refractivity contribution in [2.24, 2.45) is 11.8 Å². The lowest BCUT2D eigenvalue weighted by molar-refractivity contribution is -0.151. The molecule has 0 aromatic carbocycles. The summed E-state index contributed by atoms with van der Waals surface area (Å²) in [5.41, 5.74) is 0. The molecule has 2 fully saturated rings. The van der Waals surface area contributed by atoms with E-state index >= 15 is 0 Å². The van der Waals surface area contributed by atoms with Crippen molar-refractivity contribution in [1.29, 1.82) is 0 Å². The number of carbonyl (C=O) groups excluding carboxylic acids is 2. The Hall–Kier alpha value is -1.10. The molecule has 2 atom stereocenters. The van der Waals surface area contributed by atoms with Gasteiger partial charge in [-0.15, -0.1) is 0 Å². The molecule has 0 aromatic rings. The highest BCUT2D eigenvalue weighted by molar-refractivity contribution is 5.81. The second-order valence-corrected chi connectivity index (χ2v) is 5.62. The lowest BCUT2D eigenvalue weighted by Crippen LogP contribution is -2.45. The fourth-order valence-corrected chi connectivity index (χ4v) is 3.02. The van der Waals surface area contributed by atoms with Gasteiger partial charge >= 0.3 is 5.97 Å². The Bertz CT molecular complexity index is 346. The number of amides is 1. The molecule has 2 aliphatic heterocycles. The summed E-state index contributed by atoms with van der Waals surface area (Å²) < 4.78 is 5.07. The van der Waals surface area contributed by atoms with Gasteiger partial charge in [0.2, 0.25) is 5.91 Å². The van der Waals surface area contributed by atoms with E-state index in [0.717, 1.165) is 38.9 Å². The van der Waals surface area contributed by atoms with Crippen molar-refractivity contribution >= 4 is 11.9 Å². The molecular formula is C14H24N2O3. The molecule has 0 saturated carbocycles. The second-order valence-electron chi connectivity index (χ2n) is 5.62. The fourth-order valence-electron chi connectivity index (χ4n) is 3.02. The molecule has 1 amide bonds. The van der Waals surface area contributed by atoms with Crippen LogP contribution >= 0.6 is 0 Å². The fraction of sp³-hybridized carbons (Fsp3) is 0.857. The van der Waals surface area contributed by atoms with Gasteiger partial charge in [0.05, 0.1) is 18.4 Å². The first-order chi connectivity index (χ1) is 9.11. The van der Waals surface area contributed by atoms with E-state index in [0.29, 0.717) is 13.2 Å². The number of nitrogens with zero attached hydrogens (tertiary/aromatic N) is 2. The summed E-state index contributed by atoms with van der Waals surface area (Å²) in [7, 11) is 2.05. The minimum atomic E-state index is -0.150. The third-order valence-electron chi connectivity index (χ3n) is 4.09. The van der Waals surface area contributed by atoms with E-state index in [2.05, 4.69) is 4.90 Å². The Kier molecular flexibility index (Phi) is 4.80. The Labute approximate surface area is 114 Å². The van der Waals surface area contributed by atoms with Gasteiger partial charge in [0.25, 0.3) is 0 Å². The van der Waals surface area contributed by atoms with Crippen LogP contribution in [0.25, 0.3) is 0 Å². The molecule has 0 bridgehead atoms. The quantitative estimate of drug-likeness (QED) is 0.708. The summed E-state index contributed by atoms with van der Waals surface area (Å²) in [4.78, 5) is 28.3. The van der Waals surface area contributed by atoms with Crippen LogP contribution in [0.15, 0.2) is 0 Å². The minimum absolute atomic E-state index is 0.117. The highest BCUT2D eigenvalue weighted by Crippen LogP contribution is 2.23. The molecule has 0 N–H and O–H groups in total. The zero-order valence-corrected chi connectivity index (χ0v) is 11.9. The van der Waals surface area contributed by atoms with Gasteiger partial charge in [-0.2, -0.15) is 0 Å². The number of hydrogen-bond acceptors (Lipinski definition) is 4. The highest BCUT2D eigenvalue weighted by Gasteiger charge is 2.34. The Morgan fingerprint density at radius 2 is 1.95 bits per heavy atom. The van der Waals surface area contributed by atoms with Crippen LogP contribution in [0.5, 0.6) is 0 Å². The average molecular weight is 268 g/mol. The van der Waals surface area contributed by atoms with E-state index in [-0.39, 0.29) is 23.7 Å². The first-order valence-electron chi connectivity index (χ1n) is 7.25. The summed E-state index contributed by atoms with van der Waals surface area (Å²) in [6.07, 6.45) is 2.68. The van der Waals surface area contributed by atoms with Crippen LogP contribution in [0.4, 0.5) is 0 Å². The van der Waals surface area contributed by atoms with E-state index in [1.54, 1.807) is 0 Å². The van der Waals surface area contributed by atoms with Gasteiger partial charge in [-0.05, 0) is 39.8 Å². The number of rotatable bonds is 3. The molecule has 2 rings (SSSR count). The molecule has 19 heavy (non-hydrogen) atoms. The molecule has 1 unspecified atom stereocenters. The maximum absolute atomic E-state index is 12.4. The van der Waals surface area contributed by atoms with Crippen molar-refractivity contribution < 1.29 is 14.3 Å². The van der Waals surface area contributed by atoms with Crippen molar-refractivity contribution in [3.05, 3.63) is 0 Å². The SMILES string of the molecule is CCOC(=O)[C@H]1CCCN(C(=O)C2CCN(C)C2)C1. The number of likely N-dealkylation sites (tertiary alicyclic amines) is 2. The van der Waals surface area contributed by atoms with Crippen molar-refractivity contribution in [2.75, 3.05) is 39.8 Å². The normalized spacial score (nSPS) is 28.4. The predicted molar refractivity (Wildman–Crippen MR) is 71.5 cm³/mol. The largest absolute Gasteiger partial charge is 0.466 e. The number of esters is 1. The van der Waals surface area contributed by atoms with Crippen molar-refractivity contribution in [3.8, 4) is 0 Å². The summed E-state index contributed by atoms with van der Waals surface area (Å²) in [6.45, 7) is 5.40. The molecular weight excluding hydrogens is 244 g/mol. The van der Waals surface area contributed by atoms with Crippen LogP contribution in [0.2, 0.25) is 0 Å². The average Bonchev–Trinajstić information content (AvgIpc) is 2.85. The van der Waals surface area contributed by atoms with Gasteiger partial charge in [-0.1, -0.05) is 0 Å². The third kappa shape index (κ3) is 3.47. The lowest BCUT2D eigenvalue weighted by atomic mass is 9.96. The smallest absolute Gasteiger partial charge is 0.310 e. The molecule has 2 aliphatic rings. The second kappa shape index (κ2) is 6.37. The summed E-state index contributed by atoms with van der Waals surface area (Å²) in [6, 6.07) is 0. The Morgan fingerprint density at radius 1 is 1.16 bits per heavy atom. The maximum Gasteiger partial charge on any atom is 0.310 e. The molecule has 108 valence electrons. The van der Waals surface area contributed by atoms with Crippen LogP contribution in [0.1, 0.15) is 26.2 Å². The van der Waals surface area contributed by atoms with Crippen LogP contribution < -0.4 is 0 Å². The van der Waals surface area contributed by atoms with E-state index < -0.39 is 0 Å². The molecule has 2 heterocycles. The van der Waals surface area contributed by atoms with E-state index in [9.17, 15) is 9.59 Å². The molecule has 5 heteroatoms. The lowest BCUT2D eigenvalue weighted by Gasteiger charge is -2.33. The van der Waals surface area contributed by atoms with Gasteiger partial charge < -0.3 is 14.5 Å². The van der Waals surface area contributed by atoms with Crippen molar-refractivity contribution in [3.63, 3.8) is 0 Å². The van der Waals surface area contributed by atoms with Crippen LogP contribution in [0.3, 0.4) is 0 Å². The summed E-state index contributed by atoms with van der Waals surface area (Å²) in [5.74, 6) is 0.0598. The van der Waals surface area contributed by atoms with Crippen molar-refractivity contribution in [1.82, 2.24) is 9.80 Å². The molecule has 0 aromatic heterocycles. The zero-order chi connectivity index (χ0) is 13.8. The summed E-state index contributed by atoms with van der Waals surface area (Å²) >= 11 is 0. The Balaban J connectivity index is 1.89. The number of piperidine rings is 1. The van der Waals surface area contributed by atoms with Crippen LogP contribution in [-0.4, -0.2) is 61.5 Å². The maximum atomic E-state index is 12.4.